The third-order valence-corrected chi connectivity index (χ3v) is 6.47. The van der Waals surface area contributed by atoms with Gasteiger partial charge < -0.3 is 15.4 Å². The Bertz CT molecular complexity index is 743. The number of piperidine rings is 1. The number of carbonyl (C=O) groups excluding carboxylic acids is 1. The third kappa shape index (κ3) is 4.55. The van der Waals surface area contributed by atoms with Crippen molar-refractivity contribution < 1.29 is 17.9 Å². The number of fused-ring (bicyclic) bond motifs is 1. The first-order chi connectivity index (χ1) is 12.0. The maximum Gasteiger partial charge on any atom is 0.251 e. The van der Waals surface area contributed by atoms with Gasteiger partial charge in [-0.2, -0.15) is 0 Å². The molecule has 26 heavy (non-hydrogen) atoms. The number of benzene rings is 1. The predicted molar refractivity (Wildman–Crippen MR) is 101 cm³/mol. The van der Waals surface area contributed by atoms with Crippen molar-refractivity contribution in [3.8, 4) is 0 Å². The van der Waals surface area contributed by atoms with E-state index in [0.717, 1.165) is 37.9 Å². The van der Waals surface area contributed by atoms with E-state index in [1.807, 2.05) is 0 Å². The van der Waals surface area contributed by atoms with Gasteiger partial charge >= 0.3 is 0 Å². The lowest BCUT2D eigenvalue weighted by atomic mass is 9.80. The van der Waals surface area contributed by atoms with Gasteiger partial charge in [0.05, 0.1) is 11.5 Å². The Hall–Kier alpha value is -1.19. The van der Waals surface area contributed by atoms with Crippen LogP contribution in [-0.4, -0.2) is 54.2 Å². The zero-order valence-corrected chi connectivity index (χ0v) is 16.5. The minimum absolute atomic E-state index is 0. The molecule has 0 radical (unpaired) electrons. The number of methoxy groups -OCH3 is 1. The van der Waals surface area contributed by atoms with Crippen molar-refractivity contribution >= 4 is 28.3 Å². The fourth-order valence-electron chi connectivity index (χ4n) is 3.52. The summed E-state index contributed by atoms with van der Waals surface area (Å²) in [7, 11) is -2.04. The minimum atomic E-state index is -3.68. The molecule has 7 nitrogen and oxygen atoms in total. The summed E-state index contributed by atoms with van der Waals surface area (Å²) in [5, 5.41) is 6.03. The summed E-state index contributed by atoms with van der Waals surface area (Å²) < 4.78 is 33.5. The molecular formula is C17H26ClN3O4S. The summed E-state index contributed by atoms with van der Waals surface area (Å²) in [6.07, 6.45) is 2.44. The maximum absolute atomic E-state index is 12.7. The lowest BCUT2D eigenvalue weighted by molar-refractivity contribution is 0.0577. The zero-order chi connectivity index (χ0) is 17.9. The van der Waals surface area contributed by atoms with Crippen LogP contribution in [-0.2, 0) is 21.2 Å². The third-order valence-electron chi connectivity index (χ3n) is 5.07. The summed E-state index contributed by atoms with van der Waals surface area (Å²) in [5.41, 5.74) is 1.14. The van der Waals surface area contributed by atoms with Crippen LogP contribution in [0.4, 0.5) is 0 Å². The van der Waals surface area contributed by atoms with Crippen LogP contribution in [0.5, 0.6) is 0 Å². The lowest BCUT2D eigenvalue weighted by Crippen LogP contribution is -2.47. The second-order valence-electron chi connectivity index (χ2n) is 6.83. The number of ether oxygens (including phenoxy) is 1. The number of carbonyl (C=O) groups is 1. The molecule has 0 aromatic heterocycles. The quantitative estimate of drug-likeness (QED) is 0.649. The zero-order valence-electron chi connectivity index (χ0n) is 14.8. The molecule has 1 aromatic rings. The van der Waals surface area contributed by atoms with Crippen LogP contribution in [0, 0.1) is 5.41 Å². The van der Waals surface area contributed by atoms with Gasteiger partial charge in [-0.3, -0.25) is 4.79 Å². The molecule has 146 valence electrons. The van der Waals surface area contributed by atoms with Crippen LogP contribution in [0.25, 0.3) is 0 Å². The first-order valence-corrected chi connectivity index (χ1v) is 10.0. The van der Waals surface area contributed by atoms with E-state index in [-0.39, 0.29) is 28.6 Å². The summed E-state index contributed by atoms with van der Waals surface area (Å²) in [6, 6.07) is 4.78. The van der Waals surface area contributed by atoms with Gasteiger partial charge in [-0.25, -0.2) is 13.1 Å². The number of hydrogen-bond acceptors (Lipinski definition) is 5. The largest absolute Gasteiger partial charge is 0.384 e. The molecule has 1 aromatic carbocycles. The Labute approximate surface area is 160 Å². The second-order valence-corrected chi connectivity index (χ2v) is 8.60. The molecule has 0 atom stereocenters. The number of sulfonamides is 1. The van der Waals surface area contributed by atoms with Crippen molar-refractivity contribution in [2.45, 2.75) is 24.2 Å². The molecule has 2 heterocycles. The highest BCUT2D eigenvalue weighted by molar-refractivity contribution is 7.89. The second kappa shape index (κ2) is 8.67. The molecule has 0 spiro atoms. The molecule has 0 saturated carbocycles. The van der Waals surface area contributed by atoms with Crippen LogP contribution in [0.15, 0.2) is 23.1 Å². The average Bonchev–Trinajstić information content (AvgIpc) is 2.61. The predicted octanol–water partition coefficient (Wildman–Crippen LogP) is 0.689. The molecule has 2 aliphatic heterocycles. The van der Waals surface area contributed by atoms with Gasteiger partial charge in [-0.1, -0.05) is 6.07 Å². The molecule has 1 fully saturated rings. The highest BCUT2D eigenvalue weighted by Gasteiger charge is 2.34. The van der Waals surface area contributed by atoms with E-state index in [1.54, 1.807) is 19.2 Å². The molecule has 9 heteroatoms. The maximum atomic E-state index is 12.7. The molecular weight excluding hydrogens is 378 g/mol. The molecule has 3 rings (SSSR count). The van der Waals surface area contributed by atoms with Crippen LogP contribution in [0.1, 0.15) is 28.8 Å². The Morgan fingerprint density at radius 3 is 2.65 bits per heavy atom. The van der Waals surface area contributed by atoms with Crippen molar-refractivity contribution in [1.82, 2.24) is 15.4 Å². The highest BCUT2D eigenvalue weighted by Crippen LogP contribution is 2.29. The van der Waals surface area contributed by atoms with Crippen LogP contribution < -0.4 is 15.4 Å². The first kappa shape index (κ1) is 21.1. The van der Waals surface area contributed by atoms with Crippen LogP contribution in [0.2, 0.25) is 0 Å². The van der Waals surface area contributed by atoms with Gasteiger partial charge in [-0.05, 0) is 50.0 Å². The summed E-state index contributed by atoms with van der Waals surface area (Å²) in [4.78, 5) is 12.1. The normalized spacial score (nSPS) is 19.2. The van der Waals surface area contributed by atoms with E-state index in [1.165, 1.54) is 6.07 Å². The number of halogens is 1. The molecule has 0 aliphatic carbocycles. The van der Waals surface area contributed by atoms with Crippen molar-refractivity contribution in [1.29, 1.82) is 0 Å². The Morgan fingerprint density at radius 1 is 1.23 bits per heavy atom. The van der Waals surface area contributed by atoms with Crippen LogP contribution >= 0.6 is 12.4 Å². The summed E-state index contributed by atoms with van der Waals surface area (Å²) in [5.74, 6) is -0.215. The molecule has 3 N–H and O–H groups in total. The van der Waals surface area contributed by atoms with E-state index in [0.29, 0.717) is 25.3 Å². The van der Waals surface area contributed by atoms with E-state index in [9.17, 15) is 13.2 Å². The van der Waals surface area contributed by atoms with Gasteiger partial charge in [0, 0.05) is 31.2 Å². The number of amides is 1. The summed E-state index contributed by atoms with van der Waals surface area (Å²) >= 11 is 0. The lowest BCUT2D eigenvalue weighted by Gasteiger charge is -2.37. The number of nitrogens with one attached hydrogen (secondary N) is 3. The van der Waals surface area contributed by atoms with Gasteiger partial charge in [0.1, 0.15) is 0 Å². The topological polar surface area (TPSA) is 96.5 Å². The first-order valence-electron chi connectivity index (χ1n) is 8.56. The van der Waals surface area contributed by atoms with Crippen molar-refractivity contribution in [3.05, 3.63) is 29.3 Å². The van der Waals surface area contributed by atoms with Crippen molar-refractivity contribution in [3.63, 3.8) is 0 Å². The fourth-order valence-corrected chi connectivity index (χ4v) is 4.71. The average molecular weight is 404 g/mol. The highest BCUT2D eigenvalue weighted by atomic mass is 35.5. The Morgan fingerprint density at radius 2 is 1.96 bits per heavy atom. The standard InChI is InChI=1S/C17H25N3O4S.ClH/c1-24-12-17(5-8-18-9-6-17)11-20-25(22,23)14-3-2-13-4-7-19-16(21)15(13)10-14;/h2-3,10,18,20H,4-9,11-12H2,1H3,(H,19,21);1H. The Balaban J connectivity index is 0.00000243. The molecule has 1 amide bonds. The molecule has 0 bridgehead atoms. The Kier molecular flexibility index (Phi) is 7.04. The fraction of sp³-hybridized carbons (Fsp3) is 0.588. The van der Waals surface area contributed by atoms with Gasteiger partial charge in [0.25, 0.3) is 5.91 Å². The van der Waals surface area contributed by atoms with Gasteiger partial charge in [0.2, 0.25) is 10.0 Å². The van der Waals surface area contributed by atoms with Gasteiger partial charge in [-0.15, -0.1) is 12.4 Å². The van der Waals surface area contributed by atoms with Crippen molar-refractivity contribution in [2.75, 3.05) is 39.9 Å². The van der Waals surface area contributed by atoms with E-state index in [4.69, 9.17) is 4.74 Å². The number of rotatable bonds is 6. The molecule has 0 unspecified atom stereocenters. The van der Waals surface area contributed by atoms with Crippen LogP contribution in [0.3, 0.4) is 0 Å². The smallest absolute Gasteiger partial charge is 0.251 e. The molecule has 2 aliphatic rings. The molecule has 1 saturated heterocycles. The number of hydrogen-bond donors (Lipinski definition) is 3. The van der Waals surface area contributed by atoms with E-state index >= 15 is 0 Å². The summed E-state index contributed by atoms with van der Waals surface area (Å²) in [6.45, 7) is 3.13. The minimum Gasteiger partial charge on any atom is -0.384 e. The monoisotopic (exact) mass is 403 g/mol. The SMILES string of the molecule is COCC1(CNS(=O)(=O)c2ccc3c(c2)C(=O)NCC3)CCNCC1.Cl. The van der Waals surface area contributed by atoms with Gasteiger partial charge in [0.15, 0.2) is 0 Å². The van der Waals surface area contributed by atoms with Crippen molar-refractivity contribution in [2.24, 2.45) is 5.41 Å². The van der Waals surface area contributed by atoms with E-state index < -0.39 is 10.0 Å². The van der Waals surface area contributed by atoms with E-state index in [2.05, 4.69) is 15.4 Å².